The summed E-state index contributed by atoms with van der Waals surface area (Å²) in [4.78, 5) is 4.61. The lowest BCUT2D eigenvalue weighted by atomic mass is 10.1. The molecule has 0 aliphatic carbocycles. The number of hydrogen-bond donors (Lipinski definition) is 1. The molecule has 30 heavy (non-hydrogen) atoms. The predicted molar refractivity (Wildman–Crippen MR) is 120 cm³/mol. The summed E-state index contributed by atoms with van der Waals surface area (Å²) < 4.78 is 9.23. The van der Waals surface area contributed by atoms with Crippen LogP contribution in [0.4, 0.5) is 5.82 Å². The number of fused-ring (bicyclic) bond motifs is 1. The maximum atomic E-state index is 5.28. The van der Waals surface area contributed by atoms with E-state index in [1.807, 2.05) is 40.8 Å². The van der Waals surface area contributed by atoms with E-state index < -0.39 is 0 Å². The summed E-state index contributed by atoms with van der Waals surface area (Å²) in [6.07, 6.45) is 2.75. The van der Waals surface area contributed by atoms with E-state index in [4.69, 9.17) is 14.9 Å². The van der Waals surface area contributed by atoms with Crippen LogP contribution in [0.2, 0.25) is 0 Å². The van der Waals surface area contributed by atoms with Crippen LogP contribution in [0.25, 0.3) is 22.3 Å². The van der Waals surface area contributed by atoms with Gasteiger partial charge in [-0.2, -0.15) is 10.2 Å². The van der Waals surface area contributed by atoms with Gasteiger partial charge in [0.25, 0.3) is 0 Å². The molecule has 156 valence electrons. The highest BCUT2D eigenvalue weighted by Crippen LogP contribution is 2.33. The van der Waals surface area contributed by atoms with Crippen LogP contribution < -0.4 is 10.1 Å². The Kier molecular flexibility index (Phi) is 5.44. The van der Waals surface area contributed by atoms with E-state index in [1.54, 1.807) is 7.11 Å². The Labute approximate surface area is 176 Å². The Morgan fingerprint density at radius 1 is 1.10 bits per heavy atom. The Bertz CT molecular complexity index is 1160. The quantitative estimate of drug-likeness (QED) is 0.498. The molecular formula is C23H28N6O. The summed E-state index contributed by atoms with van der Waals surface area (Å²) >= 11 is 0. The molecule has 0 aliphatic rings. The van der Waals surface area contributed by atoms with Crippen LogP contribution in [-0.4, -0.2) is 37.7 Å². The number of ether oxygens (including phenoxy) is 1. The van der Waals surface area contributed by atoms with Gasteiger partial charge in [-0.15, -0.1) is 0 Å². The third kappa shape index (κ3) is 3.75. The fourth-order valence-electron chi connectivity index (χ4n) is 3.66. The minimum Gasteiger partial charge on any atom is -0.497 e. The highest BCUT2D eigenvalue weighted by atomic mass is 16.5. The number of anilines is 1. The molecule has 0 radical (unpaired) electrons. The Morgan fingerprint density at radius 3 is 2.50 bits per heavy atom. The van der Waals surface area contributed by atoms with E-state index in [-0.39, 0.29) is 6.04 Å². The van der Waals surface area contributed by atoms with E-state index in [0.717, 1.165) is 45.8 Å². The van der Waals surface area contributed by atoms with E-state index in [2.05, 4.69) is 49.3 Å². The molecule has 0 saturated heterocycles. The number of pyridine rings is 1. The van der Waals surface area contributed by atoms with Crippen molar-refractivity contribution < 1.29 is 4.74 Å². The van der Waals surface area contributed by atoms with Crippen LogP contribution in [0.1, 0.15) is 32.0 Å². The van der Waals surface area contributed by atoms with Crippen LogP contribution in [0.3, 0.4) is 0 Å². The highest BCUT2D eigenvalue weighted by Gasteiger charge is 2.20. The number of rotatable bonds is 7. The Hall–Kier alpha value is -3.35. The Morgan fingerprint density at radius 2 is 1.87 bits per heavy atom. The first-order valence-electron chi connectivity index (χ1n) is 10.3. The molecule has 1 N–H and O–H groups in total. The van der Waals surface area contributed by atoms with Crippen molar-refractivity contribution in [3.05, 3.63) is 53.9 Å². The molecule has 7 nitrogen and oxygen atoms in total. The van der Waals surface area contributed by atoms with E-state index in [1.165, 1.54) is 5.69 Å². The monoisotopic (exact) mass is 404 g/mol. The molecule has 3 heterocycles. The minimum atomic E-state index is 0.260. The van der Waals surface area contributed by atoms with Gasteiger partial charge in [-0.25, -0.2) is 4.98 Å². The van der Waals surface area contributed by atoms with Gasteiger partial charge in [-0.05, 0) is 50.1 Å². The van der Waals surface area contributed by atoms with Gasteiger partial charge in [-0.1, -0.05) is 19.1 Å². The summed E-state index contributed by atoms with van der Waals surface area (Å²) in [7, 11) is 3.65. The lowest BCUT2D eigenvalue weighted by Crippen LogP contribution is -2.11. The largest absolute Gasteiger partial charge is 0.497 e. The predicted octanol–water partition coefficient (Wildman–Crippen LogP) is 4.27. The smallest absolute Gasteiger partial charge is 0.137 e. The minimum absolute atomic E-state index is 0.260. The first-order valence-corrected chi connectivity index (χ1v) is 10.3. The zero-order valence-corrected chi connectivity index (χ0v) is 18.2. The summed E-state index contributed by atoms with van der Waals surface area (Å²) in [6.45, 7) is 7.00. The molecule has 4 aromatic rings. The van der Waals surface area contributed by atoms with Gasteiger partial charge in [0.15, 0.2) is 0 Å². The summed E-state index contributed by atoms with van der Waals surface area (Å²) in [5.74, 6) is 1.68. The molecule has 0 atom stereocenters. The molecule has 3 aromatic heterocycles. The van der Waals surface area contributed by atoms with E-state index >= 15 is 0 Å². The summed E-state index contributed by atoms with van der Waals surface area (Å²) in [5, 5.41) is 14.2. The molecule has 0 saturated carbocycles. The van der Waals surface area contributed by atoms with Gasteiger partial charge in [-0.3, -0.25) is 9.36 Å². The van der Waals surface area contributed by atoms with Gasteiger partial charge in [0, 0.05) is 25.0 Å². The normalized spacial score (nSPS) is 11.4. The van der Waals surface area contributed by atoms with Crippen LogP contribution in [0.15, 0.2) is 42.6 Å². The number of nitrogens with zero attached hydrogens (tertiary/aromatic N) is 5. The number of benzene rings is 1. The number of aromatic nitrogens is 5. The second kappa shape index (κ2) is 8.18. The van der Waals surface area contributed by atoms with Crippen LogP contribution in [0.5, 0.6) is 5.75 Å². The topological polar surface area (TPSA) is 69.8 Å². The number of aryl methyl sites for hydroxylation is 2. The average molecular weight is 405 g/mol. The van der Waals surface area contributed by atoms with Crippen molar-refractivity contribution >= 4 is 16.7 Å². The molecule has 0 amide bonds. The molecule has 4 rings (SSSR count). The number of methoxy groups -OCH3 is 1. The van der Waals surface area contributed by atoms with E-state index in [9.17, 15) is 0 Å². The molecule has 0 spiro atoms. The molecule has 0 bridgehead atoms. The zero-order chi connectivity index (χ0) is 21.3. The van der Waals surface area contributed by atoms with Crippen molar-refractivity contribution in [3.63, 3.8) is 0 Å². The third-order valence-electron chi connectivity index (χ3n) is 5.16. The van der Waals surface area contributed by atoms with E-state index in [0.29, 0.717) is 6.54 Å². The zero-order valence-electron chi connectivity index (χ0n) is 18.2. The molecule has 0 aliphatic heterocycles. The highest BCUT2D eigenvalue weighted by molar-refractivity contribution is 6.00. The van der Waals surface area contributed by atoms with Crippen molar-refractivity contribution in [1.82, 2.24) is 24.5 Å². The fraction of sp³-hybridized carbons (Fsp3) is 0.348. The van der Waals surface area contributed by atoms with Crippen molar-refractivity contribution in [2.24, 2.45) is 7.05 Å². The third-order valence-corrected chi connectivity index (χ3v) is 5.16. The molecule has 0 fully saturated rings. The number of nitrogens with one attached hydrogen (secondary N) is 1. The Balaban J connectivity index is 1.86. The van der Waals surface area contributed by atoms with Gasteiger partial charge in [0.05, 0.1) is 24.6 Å². The SMILES string of the molecule is CCc1cc(-c2nn(Cc3ccc(OC)cc3)c3ccnc(NC(C)C)c23)nn1C. The van der Waals surface area contributed by atoms with Crippen LogP contribution in [0, 0.1) is 0 Å². The second-order valence-corrected chi connectivity index (χ2v) is 7.71. The standard InChI is InChI=1S/C23H28N6O/c1-6-17-13-19(26-28(17)4)22-21-20(11-12-24-23(21)25-15(2)3)29(27-22)14-16-7-9-18(30-5)10-8-16/h7-13,15H,6,14H2,1-5H3,(H,24,25). The second-order valence-electron chi connectivity index (χ2n) is 7.71. The first kappa shape index (κ1) is 19.9. The van der Waals surface area contributed by atoms with Crippen molar-refractivity contribution in [3.8, 4) is 17.1 Å². The van der Waals surface area contributed by atoms with Gasteiger partial charge >= 0.3 is 0 Å². The maximum Gasteiger partial charge on any atom is 0.137 e. The van der Waals surface area contributed by atoms with Crippen molar-refractivity contribution in [1.29, 1.82) is 0 Å². The molecule has 1 aromatic carbocycles. The molecule has 0 unspecified atom stereocenters. The average Bonchev–Trinajstić information content (AvgIpc) is 3.29. The fourth-order valence-corrected chi connectivity index (χ4v) is 3.66. The first-order chi connectivity index (χ1) is 14.5. The van der Waals surface area contributed by atoms with Gasteiger partial charge in [0.2, 0.25) is 0 Å². The molecular weight excluding hydrogens is 376 g/mol. The van der Waals surface area contributed by atoms with Crippen LogP contribution >= 0.6 is 0 Å². The maximum absolute atomic E-state index is 5.28. The lowest BCUT2D eigenvalue weighted by molar-refractivity contribution is 0.414. The lowest BCUT2D eigenvalue weighted by Gasteiger charge is -2.10. The summed E-state index contributed by atoms with van der Waals surface area (Å²) in [5.41, 5.74) is 5.07. The number of hydrogen-bond acceptors (Lipinski definition) is 5. The van der Waals surface area contributed by atoms with Gasteiger partial charge < -0.3 is 10.1 Å². The molecule has 7 heteroatoms. The summed E-state index contributed by atoms with van der Waals surface area (Å²) in [6, 6.07) is 12.5. The van der Waals surface area contributed by atoms with Crippen molar-refractivity contribution in [2.75, 3.05) is 12.4 Å². The van der Waals surface area contributed by atoms with Gasteiger partial charge in [0.1, 0.15) is 23.0 Å². The van der Waals surface area contributed by atoms with Crippen LogP contribution in [-0.2, 0) is 20.0 Å². The van der Waals surface area contributed by atoms with Crippen molar-refractivity contribution in [2.45, 2.75) is 39.8 Å².